The van der Waals surface area contributed by atoms with Gasteiger partial charge in [-0.15, -0.1) is 12.4 Å². The Morgan fingerprint density at radius 1 is 0.875 bits per heavy atom. The van der Waals surface area contributed by atoms with Crippen LogP contribution in [0.1, 0.15) is 16.9 Å². The molecule has 2 aromatic carbocycles. The predicted octanol–water partition coefficient (Wildman–Crippen LogP) is 6.27. The molecule has 0 saturated carbocycles. The second-order valence-electron chi connectivity index (χ2n) is 5.37. The van der Waals surface area contributed by atoms with Gasteiger partial charge in [-0.2, -0.15) is 0 Å². The van der Waals surface area contributed by atoms with Crippen LogP contribution in [0.15, 0.2) is 59.0 Å². The molecule has 0 saturated heterocycles. The Kier molecular flexibility index (Phi) is 6.76. The van der Waals surface area contributed by atoms with Crippen molar-refractivity contribution >= 4 is 35.6 Å². The van der Waals surface area contributed by atoms with Crippen LogP contribution in [-0.4, -0.2) is 0 Å². The van der Waals surface area contributed by atoms with Gasteiger partial charge in [0.25, 0.3) is 0 Å². The predicted molar refractivity (Wildman–Crippen MR) is 103 cm³/mol. The van der Waals surface area contributed by atoms with Crippen molar-refractivity contribution in [3.63, 3.8) is 0 Å². The van der Waals surface area contributed by atoms with Crippen LogP contribution in [0.2, 0.25) is 10.0 Å². The van der Waals surface area contributed by atoms with Gasteiger partial charge in [0.2, 0.25) is 0 Å². The van der Waals surface area contributed by atoms with Crippen molar-refractivity contribution in [3.8, 4) is 11.3 Å². The second kappa shape index (κ2) is 8.59. The lowest BCUT2D eigenvalue weighted by atomic mass is 10.1. The Bertz CT molecular complexity index is 814. The average molecular weight is 383 g/mol. The minimum Gasteiger partial charge on any atom is -0.460 e. The van der Waals surface area contributed by atoms with Crippen molar-refractivity contribution in [2.75, 3.05) is 0 Å². The smallest absolute Gasteiger partial charge is 0.134 e. The van der Waals surface area contributed by atoms with E-state index in [9.17, 15) is 0 Å². The standard InChI is InChI=1S/C19H17Cl2NO.ClH/c1-13-16(6-4-8-17(13)20)19-10-9-15(23-19)12-22-11-14-5-2-3-7-18(14)21;/h2-10,22H,11-12H2,1H3;1H. The van der Waals surface area contributed by atoms with E-state index in [1.807, 2.05) is 61.5 Å². The SMILES string of the molecule is Cc1c(Cl)cccc1-c1ccc(CNCc2ccccc2Cl)o1.Cl. The fourth-order valence-corrected chi connectivity index (χ4v) is 2.83. The molecule has 0 amide bonds. The summed E-state index contributed by atoms with van der Waals surface area (Å²) in [5.74, 6) is 1.71. The summed E-state index contributed by atoms with van der Waals surface area (Å²) in [5, 5.41) is 4.87. The van der Waals surface area contributed by atoms with Crippen molar-refractivity contribution in [3.05, 3.63) is 81.5 Å². The first-order valence-electron chi connectivity index (χ1n) is 7.43. The number of benzene rings is 2. The molecule has 126 valence electrons. The van der Waals surface area contributed by atoms with Crippen LogP contribution in [0.3, 0.4) is 0 Å². The molecule has 0 aliphatic heterocycles. The van der Waals surface area contributed by atoms with Crippen LogP contribution in [0.4, 0.5) is 0 Å². The molecule has 0 radical (unpaired) electrons. The van der Waals surface area contributed by atoms with Crippen molar-refractivity contribution in [2.45, 2.75) is 20.0 Å². The summed E-state index contributed by atoms with van der Waals surface area (Å²) in [7, 11) is 0. The lowest BCUT2D eigenvalue weighted by molar-refractivity contribution is 0.493. The maximum absolute atomic E-state index is 6.17. The van der Waals surface area contributed by atoms with Crippen molar-refractivity contribution in [1.82, 2.24) is 5.32 Å². The van der Waals surface area contributed by atoms with E-state index >= 15 is 0 Å². The summed E-state index contributed by atoms with van der Waals surface area (Å²) in [5.41, 5.74) is 3.13. The van der Waals surface area contributed by atoms with Gasteiger partial charge in [-0.05, 0) is 42.3 Å². The monoisotopic (exact) mass is 381 g/mol. The van der Waals surface area contributed by atoms with Crippen LogP contribution in [0, 0.1) is 6.92 Å². The summed E-state index contributed by atoms with van der Waals surface area (Å²) in [4.78, 5) is 0. The summed E-state index contributed by atoms with van der Waals surface area (Å²) in [6.45, 7) is 3.34. The molecule has 24 heavy (non-hydrogen) atoms. The van der Waals surface area contributed by atoms with E-state index in [1.165, 1.54) is 0 Å². The number of furan rings is 1. The van der Waals surface area contributed by atoms with Gasteiger partial charge in [0, 0.05) is 22.2 Å². The Balaban J connectivity index is 0.00000208. The molecule has 1 aromatic heterocycles. The fraction of sp³-hybridized carbons (Fsp3) is 0.158. The van der Waals surface area contributed by atoms with E-state index in [0.717, 1.165) is 38.3 Å². The molecule has 0 fully saturated rings. The molecule has 0 unspecified atom stereocenters. The summed E-state index contributed by atoms with van der Waals surface area (Å²) in [6.07, 6.45) is 0. The molecule has 0 bridgehead atoms. The first-order valence-corrected chi connectivity index (χ1v) is 8.19. The molecule has 0 spiro atoms. The Hall–Kier alpha value is -1.45. The molecule has 3 rings (SSSR count). The van der Waals surface area contributed by atoms with Crippen molar-refractivity contribution in [2.24, 2.45) is 0 Å². The maximum Gasteiger partial charge on any atom is 0.134 e. The number of rotatable bonds is 5. The van der Waals surface area contributed by atoms with E-state index in [0.29, 0.717) is 13.1 Å². The molecule has 0 atom stereocenters. The average Bonchev–Trinajstić information content (AvgIpc) is 3.00. The lowest BCUT2D eigenvalue weighted by Crippen LogP contribution is -2.12. The third-order valence-corrected chi connectivity index (χ3v) is 4.55. The zero-order valence-corrected chi connectivity index (χ0v) is 15.5. The summed E-state index contributed by atoms with van der Waals surface area (Å²) < 4.78 is 5.92. The number of nitrogens with one attached hydrogen (secondary N) is 1. The Labute approximate surface area is 158 Å². The Morgan fingerprint density at radius 2 is 1.62 bits per heavy atom. The van der Waals surface area contributed by atoms with Crippen LogP contribution in [0.5, 0.6) is 0 Å². The van der Waals surface area contributed by atoms with Crippen LogP contribution < -0.4 is 5.32 Å². The minimum absolute atomic E-state index is 0. The summed E-state index contributed by atoms with van der Waals surface area (Å²) >= 11 is 12.3. The maximum atomic E-state index is 6.17. The molecule has 1 heterocycles. The van der Waals surface area contributed by atoms with E-state index in [2.05, 4.69) is 5.32 Å². The van der Waals surface area contributed by atoms with Gasteiger partial charge >= 0.3 is 0 Å². The molecule has 0 aliphatic carbocycles. The van der Waals surface area contributed by atoms with E-state index in [1.54, 1.807) is 0 Å². The number of halogens is 3. The van der Waals surface area contributed by atoms with Crippen molar-refractivity contribution < 1.29 is 4.42 Å². The third kappa shape index (κ3) is 4.34. The highest BCUT2D eigenvalue weighted by molar-refractivity contribution is 6.31. The van der Waals surface area contributed by atoms with Gasteiger partial charge in [-0.3, -0.25) is 0 Å². The van der Waals surface area contributed by atoms with Crippen molar-refractivity contribution in [1.29, 1.82) is 0 Å². The topological polar surface area (TPSA) is 25.2 Å². The molecule has 0 aliphatic rings. The molecule has 3 aromatic rings. The van der Waals surface area contributed by atoms with Crippen LogP contribution in [-0.2, 0) is 13.1 Å². The lowest BCUT2D eigenvalue weighted by Gasteiger charge is -2.06. The van der Waals surface area contributed by atoms with Crippen LogP contribution in [0.25, 0.3) is 11.3 Å². The molecular formula is C19H18Cl3NO. The highest BCUT2D eigenvalue weighted by Gasteiger charge is 2.09. The number of hydrogen-bond acceptors (Lipinski definition) is 2. The second-order valence-corrected chi connectivity index (χ2v) is 6.19. The quantitative estimate of drug-likeness (QED) is 0.562. The van der Waals surface area contributed by atoms with Gasteiger partial charge in [-0.1, -0.05) is 53.5 Å². The highest BCUT2D eigenvalue weighted by atomic mass is 35.5. The summed E-state index contributed by atoms with van der Waals surface area (Å²) in [6, 6.07) is 17.6. The highest BCUT2D eigenvalue weighted by Crippen LogP contribution is 2.29. The van der Waals surface area contributed by atoms with Crippen LogP contribution >= 0.6 is 35.6 Å². The first-order chi connectivity index (χ1) is 11.1. The molecule has 2 nitrogen and oxygen atoms in total. The third-order valence-electron chi connectivity index (χ3n) is 3.77. The van der Waals surface area contributed by atoms with Gasteiger partial charge < -0.3 is 9.73 Å². The fourth-order valence-electron chi connectivity index (χ4n) is 2.45. The normalized spacial score (nSPS) is 10.5. The van der Waals surface area contributed by atoms with Gasteiger partial charge in [0.05, 0.1) is 6.54 Å². The first kappa shape index (κ1) is 18.9. The van der Waals surface area contributed by atoms with E-state index < -0.39 is 0 Å². The van der Waals surface area contributed by atoms with E-state index in [-0.39, 0.29) is 12.4 Å². The molecule has 5 heteroatoms. The zero-order chi connectivity index (χ0) is 16.2. The van der Waals surface area contributed by atoms with Gasteiger partial charge in [-0.25, -0.2) is 0 Å². The molecular weight excluding hydrogens is 365 g/mol. The zero-order valence-electron chi connectivity index (χ0n) is 13.2. The number of hydrogen-bond donors (Lipinski definition) is 1. The Morgan fingerprint density at radius 3 is 2.42 bits per heavy atom. The largest absolute Gasteiger partial charge is 0.460 e. The van der Waals surface area contributed by atoms with E-state index in [4.69, 9.17) is 27.6 Å². The van der Waals surface area contributed by atoms with Gasteiger partial charge in [0.15, 0.2) is 0 Å². The molecule has 1 N–H and O–H groups in total. The minimum atomic E-state index is 0. The van der Waals surface area contributed by atoms with Gasteiger partial charge in [0.1, 0.15) is 11.5 Å².